The molecule has 0 saturated heterocycles. The van der Waals surface area contributed by atoms with Gasteiger partial charge in [-0.25, -0.2) is 0 Å². The Morgan fingerprint density at radius 3 is 2.41 bits per heavy atom. The van der Waals surface area contributed by atoms with E-state index in [1.807, 2.05) is 0 Å². The lowest BCUT2D eigenvalue weighted by Gasteiger charge is -2.26. The number of ether oxygens (including phenoxy) is 1. The highest BCUT2D eigenvalue weighted by atomic mass is 28.4. The van der Waals surface area contributed by atoms with Crippen molar-refractivity contribution >= 4 is 20.7 Å². The number of rotatable bonds is 14. The van der Waals surface area contributed by atoms with E-state index in [2.05, 4.69) is 5.32 Å². The largest absolute Gasteiger partial charge is 0.502 e. The maximum atomic E-state index is 11.3. The third-order valence-corrected chi connectivity index (χ3v) is 5.59. The molecule has 0 aliphatic carbocycles. The quantitative estimate of drug-likeness (QED) is 0.167. The van der Waals surface area contributed by atoms with Crippen LogP contribution in [0.5, 0.6) is 0 Å². The summed E-state index contributed by atoms with van der Waals surface area (Å²) in [6.07, 6.45) is 0.292. The van der Waals surface area contributed by atoms with Crippen molar-refractivity contribution in [3.05, 3.63) is 0 Å². The summed E-state index contributed by atoms with van der Waals surface area (Å²) in [5.41, 5.74) is 5.37. The van der Waals surface area contributed by atoms with Crippen molar-refractivity contribution in [2.75, 3.05) is 40.6 Å². The number of hydrogen-bond acceptors (Lipinski definition) is 8. The Morgan fingerprint density at radius 2 is 1.86 bits per heavy atom. The van der Waals surface area contributed by atoms with Crippen LogP contribution in [-0.2, 0) is 27.6 Å². The highest BCUT2D eigenvalue weighted by molar-refractivity contribution is 6.60. The number of esters is 1. The van der Waals surface area contributed by atoms with Gasteiger partial charge in [0.1, 0.15) is 0 Å². The van der Waals surface area contributed by atoms with Gasteiger partial charge in [-0.3, -0.25) is 9.59 Å². The summed E-state index contributed by atoms with van der Waals surface area (Å²) in [5.74, 6) is -1.69. The third kappa shape index (κ3) is 9.81. The number of carbonyl (C=O) groups excluding carboxylic acids is 1. The minimum absolute atomic E-state index is 0.198. The lowest BCUT2D eigenvalue weighted by atomic mass is 10.3. The van der Waals surface area contributed by atoms with Crippen molar-refractivity contribution in [1.82, 2.24) is 5.32 Å². The molecular formula is C12H26N2O7Si. The number of nitrogens with two attached hydrogens (primary N) is 1. The van der Waals surface area contributed by atoms with Gasteiger partial charge in [0.2, 0.25) is 0 Å². The molecule has 4 N–H and O–H groups in total. The van der Waals surface area contributed by atoms with Crippen LogP contribution in [0, 0.1) is 0 Å². The van der Waals surface area contributed by atoms with Crippen LogP contribution in [0.15, 0.2) is 0 Å². The van der Waals surface area contributed by atoms with Gasteiger partial charge >= 0.3 is 20.7 Å². The van der Waals surface area contributed by atoms with Gasteiger partial charge in [0.25, 0.3) is 0 Å². The van der Waals surface area contributed by atoms with Crippen LogP contribution >= 0.6 is 0 Å². The van der Waals surface area contributed by atoms with E-state index in [1.54, 1.807) is 0 Å². The summed E-state index contributed by atoms with van der Waals surface area (Å²) in [7, 11) is 0.0828. The summed E-state index contributed by atoms with van der Waals surface area (Å²) >= 11 is 0. The minimum atomic E-state index is -2.88. The molecule has 0 aliphatic rings. The molecule has 0 aromatic rings. The Kier molecular flexibility index (Phi) is 11.9. The maximum Gasteiger partial charge on any atom is 0.502 e. The summed E-state index contributed by atoms with van der Waals surface area (Å²) in [4.78, 5) is 21.6. The molecular weight excluding hydrogens is 312 g/mol. The third-order valence-electron chi connectivity index (χ3n) is 2.82. The van der Waals surface area contributed by atoms with Crippen LogP contribution in [0.4, 0.5) is 0 Å². The van der Waals surface area contributed by atoms with Crippen LogP contribution in [0.2, 0.25) is 6.04 Å². The molecule has 10 heteroatoms. The molecule has 0 radical (unpaired) electrons. The Balaban J connectivity index is 4.05. The number of nitrogens with one attached hydrogen (secondary N) is 1. The molecule has 0 atom stereocenters. The molecule has 0 amide bonds. The summed E-state index contributed by atoms with van der Waals surface area (Å²) < 4.78 is 20.9. The van der Waals surface area contributed by atoms with Crippen LogP contribution < -0.4 is 11.1 Å². The second-order valence-corrected chi connectivity index (χ2v) is 7.38. The fourth-order valence-electron chi connectivity index (χ4n) is 1.60. The number of carboxylic acid groups (broad SMARTS) is 1. The normalized spacial score (nSPS) is 11.4. The molecule has 9 nitrogen and oxygen atoms in total. The van der Waals surface area contributed by atoms with Gasteiger partial charge < -0.3 is 34.2 Å². The van der Waals surface area contributed by atoms with Crippen molar-refractivity contribution < 1.29 is 32.7 Å². The van der Waals surface area contributed by atoms with E-state index in [9.17, 15) is 9.59 Å². The molecule has 0 aliphatic heterocycles. The second kappa shape index (κ2) is 12.5. The van der Waals surface area contributed by atoms with E-state index in [0.29, 0.717) is 12.6 Å². The number of carbonyl (C=O) groups is 2. The Labute approximate surface area is 131 Å². The predicted octanol–water partition coefficient (Wildman–Crippen LogP) is -0.461. The van der Waals surface area contributed by atoms with E-state index < -0.39 is 20.7 Å². The van der Waals surface area contributed by atoms with Crippen molar-refractivity contribution in [2.24, 2.45) is 5.73 Å². The molecule has 0 aromatic heterocycles. The Hall–Kier alpha value is -1.04. The Morgan fingerprint density at radius 1 is 1.18 bits per heavy atom. The molecule has 0 unspecified atom stereocenters. The summed E-state index contributed by atoms with van der Waals surface area (Å²) in [6.45, 7) is 1.74. The summed E-state index contributed by atoms with van der Waals surface area (Å²) in [6, 6.07) is 0.560. The molecule has 0 saturated carbocycles. The van der Waals surface area contributed by atoms with Crippen LogP contribution in [0.25, 0.3) is 0 Å². The smallest absolute Gasteiger partial charge is 0.481 e. The maximum absolute atomic E-state index is 11.3. The molecule has 0 aromatic carbocycles. The first kappa shape index (κ1) is 21.0. The Bertz CT molecular complexity index is 327. The highest BCUT2D eigenvalue weighted by Gasteiger charge is 2.38. The van der Waals surface area contributed by atoms with Crippen molar-refractivity contribution in [2.45, 2.75) is 25.3 Å². The van der Waals surface area contributed by atoms with E-state index in [0.717, 1.165) is 19.5 Å². The molecule has 0 rings (SSSR count). The zero-order valence-corrected chi connectivity index (χ0v) is 14.1. The lowest BCUT2D eigenvalue weighted by molar-refractivity contribution is -0.155. The van der Waals surface area contributed by atoms with Crippen molar-refractivity contribution in [3.8, 4) is 0 Å². The summed E-state index contributed by atoms with van der Waals surface area (Å²) in [5, 5.41) is 11.6. The first-order valence-corrected chi connectivity index (χ1v) is 8.95. The van der Waals surface area contributed by atoms with Crippen molar-refractivity contribution in [1.29, 1.82) is 0 Å². The molecule has 0 heterocycles. The van der Waals surface area contributed by atoms with E-state index in [-0.39, 0.29) is 19.6 Å². The van der Waals surface area contributed by atoms with Gasteiger partial charge in [0.05, 0.1) is 12.8 Å². The van der Waals surface area contributed by atoms with Gasteiger partial charge in [-0.2, -0.15) is 0 Å². The molecule has 22 heavy (non-hydrogen) atoms. The van der Waals surface area contributed by atoms with Gasteiger partial charge in [0.15, 0.2) is 6.79 Å². The monoisotopic (exact) mass is 338 g/mol. The first-order valence-electron chi connectivity index (χ1n) is 7.02. The fraction of sp³-hybridized carbons (Fsp3) is 0.833. The van der Waals surface area contributed by atoms with Gasteiger partial charge in [-0.15, -0.1) is 0 Å². The SMILES string of the molecule is CO[Si](CCCNCCN)(OC)OCOC(=O)CCC(=O)O. The molecule has 0 fully saturated rings. The van der Waals surface area contributed by atoms with Crippen LogP contribution in [-0.4, -0.2) is 66.5 Å². The van der Waals surface area contributed by atoms with Crippen LogP contribution in [0.3, 0.4) is 0 Å². The zero-order valence-electron chi connectivity index (χ0n) is 13.1. The first-order chi connectivity index (χ1) is 10.5. The number of aliphatic carboxylic acids is 1. The number of carboxylic acids is 1. The van der Waals surface area contributed by atoms with Crippen molar-refractivity contribution in [3.63, 3.8) is 0 Å². The van der Waals surface area contributed by atoms with Gasteiger partial charge in [-0.05, 0) is 13.0 Å². The van der Waals surface area contributed by atoms with E-state index in [1.165, 1.54) is 14.2 Å². The highest BCUT2D eigenvalue weighted by Crippen LogP contribution is 2.16. The molecule has 0 spiro atoms. The second-order valence-electron chi connectivity index (χ2n) is 4.41. The lowest BCUT2D eigenvalue weighted by Crippen LogP contribution is -2.45. The average molecular weight is 338 g/mol. The van der Waals surface area contributed by atoms with E-state index >= 15 is 0 Å². The average Bonchev–Trinajstić information content (AvgIpc) is 2.51. The minimum Gasteiger partial charge on any atom is -0.481 e. The fourth-order valence-corrected chi connectivity index (χ4v) is 3.40. The number of hydrogen-bond donors (Lipinski definition) is 3. The topological polar surface area (TPSA) is 129 Å². The van der Waals surface area contributed by atoms with Gasteiger partial charge in [-0.1, -0.05) is 0 Å². The predicted molar refractivity (Wildman–Crippen MR) is 80.0 cm³/mol. The van der Waals surface area contributed by atoms with Gasteiger partial charge in [0, 0.05) is 33.4 Å². The molecule has 0 bridgehead atoms. The standard InChI is InChI=1S/C12H26N2O7Si/c1-18-22(19-2,9-3-7-14-8-6-13)21-10-20-12(17)5-4-11(15)16/h14H,3-10,13H2,1-2H3,(H,15,16). The molecule has 130 valence electrons. The zero-order chi connectivity index (χ0) is 16.8. The van der Waals surface area contributed by atoms with Crippen LogP contribution in [0.1, 0.15) is 19.3 Å². The van der Waals surface area contributed by atoms with E-state index in [4.69, 9.17) is 28.9 Å².